The number of aromatic nitrogens is 2. The molecule has 0 bridgehead atoms. The minimum Gasteiger partial charge on any atom is -0.495 e. The molecule has 0 unspecified atom stereocenters. The molecule has 0 fully saturated rings. The summed E-state index contributed by atoms with van der Waals surface area (Å²) >= 11 is 6.39. The number of fused-ring (bicyclic) bond motifs is 1. The lowest BCUT2D eigenvalue weighted by atomic mass is 10.0. The van der Waals surface area contributed by atoms with E-state index in [1.54, 1.807) is 25.5 Å². The molecule has 0 saturated heterocycles. The molecule has 2 aromatic carbocycles. The molecular formula is C25H27ClN5O2P. The number of rotatable bonds is 6. The van der Waals surface area contributed by atoms with Crippen molar-refractivity contribution in [3.05, 3.63) is 58.2 Å². The fourth-order valence-electron chi connectivity index (χ4n) is 4.13. The summed E-state index contributed by atoms with van der Waals surface area (Å²) in [5, 5.41) is 16.8. The molecule has 4 rings (SSSR count). The number of aryl methyl sites for hydroxylation is 2. The zero-order valence-electron chi connectivity index (χ0n) is 19.5. The van der Waals surface area contributed by atoms with E-state index in [9.17, 15) is 9.83 Å². The van der Waals surface area contributed by atoms with E-state index in [1.807, 2.05) is 6.07 Å². The molecular weight excluding hydrogens is 469 g/mol. The Morgan fingerprint density at radius 3 is 2.56 bits per heavy atom. The fourth-order valence-corrected chi connectivity index (χ4v) is 5.40. The van der Waals surface area contributed by atoms with Gasteiger partial charge in [0.05, 0.1) is 24.6 Å². The van der Waals surface area contributed by atoms with Gasteiger partial charge >= 0.3 is 0 Å². The molecule has 1 heterocycles. The minimum absolute atomic E-state index is 0.301. The van der Waals surface area contributed by atoms with Crippen LogP contribution < -0.4 is 20.7 Å². The van der Waals surface area contributed by atoms with Crippen LogP contribution in [0.4, 0.5) is 23.1 Å². The van der Waals surface area contributed by atoms with Crippen LogP contribution in [0.2, 0.25) is 5.02 Å². The third-order valence-corrected chi connectivity index (χ3v) is 7.68. The van der Waals surface area contributed by atoms with E-state index in [4.69, 9.17) is 16.3 Å². The van der Waals surface area contributed by atoms with E-state index >= 15 is 0 Å². The zero-order valence-corrected chi connectivity index (χ0v) is 21.1. The molecule has 0 radical (unpaired) electrons. The van der Waals surface area contributed by atoms with Crippen molar-refractivity contribution in [3.63, 3.8) is 0 Å². The van der Waals surface area contributed by atoms with Crippen molar-refractivity contribution in [3.8, 4) is 11.8 Å². The second kappa shape index (κ2) is 10.0. The summed E-state index contributed by atoms with van der Waals surface area (Å²) in [5.74, 6) is 1.09. The van der Waals surface area contributed by atoms with E-state index in [-0.39, 0.29) is 0 Å². The van der Waals surface area contributed by atoms with Crippen molar-refractivity contribution in [1.82, 2.24) is 9.97 Å². The lowest BCUT2D eigenvalue weighted by Gasteiger charge is -2.18. The van der Waals surface area contributed by atoms with Crippen LogP contribution in [0.25, 0.3) is 0 Å². The summed E-state index contributed by atoms with van der Waals surface area (Å²) in [4.78, 5) is 8.86. The number of hydrogen-bond acceptors (Lipinski definition) is 7. The van der Waals surface area contributed by atoms with E-state index in [2.05, 4.69) is 38.8 Å². The molecule has 0 saturated carbocycles. The number of nitrogens with zero attached hydrogens (tertiary/aromatic N) is 3. The van der Waals surface area contributed by atoms with Gasteiger partial charge in [0.25, 0.3) is 0 Å². The van der Waals surface area contributed by atoms with Crippen molar-refractivity contribution in [1.29, 1.82) is 5.26 Å². The number of halogens is 1. The number of nitrogens with one attached hydrogen (secondary N) is 2. The Hall–Kier alpha value is -3.07. The normalized spacial score (nSPS) is 13.4. The largest absolute Gasteiger partial charge is 0.495 e. The number of benzene rings is 2. The summed E-state index contributed by atoms with van der Waals surface area (Å²) in [7, 11) is -1.24. The maximum Gasteiger partial charge on any atom is 0.229 e. The van der Waals surface area contributed by atoms with E-state index in [0.29, 0.717) is 39.1 Å². The van der Waals surface area contributed by atoms with Gasteiger partial charge in [0, 0.05) is 11.0 Å². The monoisotopic (exact) mass is 495 g/mol. The van der Waals surface area contributed by atoms with Gasteiger partial charge in [-0.2, -0.15) is 10.2 Å². The zero-order chi connectivity index (χ0) is 24.3. The van der Waals surface area contributed by atoms with Gasteiger partial charge in [-0.15, -0.1) is 0 Å². The summed E-state index contributed by atoms with van der Waals surface area (Å²) in [6.45, 7) is 3.32. The first-order valence-electron chi connectivity index (χ1n) is 11.1. The summed E-state index contributed by atoms with van der Waals surface area (Å²) in [6.07, 6.45) is 7.40. The lowest BCUT2D eigenvalue weighted by Crippen LogP contribution is -2.13. The van der Waals surface area contributed by atoms with Gasteiger partial charge in [0.2, 0.25) is 5.95 Å². The number of methoxy groups -OCH3 is 1. The van der Waals surface area contributed by atoms with Crippen LogP contribution in [-0.4, -0.2) is 30.4 Å². The van der Waals surface area contributed by atoms with Crippen molar-refractivity contribution < 1.29 is 9.30 Å². The fraction of sp³-hybridized carbons (Fsp3) is 0.320. The second-order valence-electron chi connectivity index (χ2n) is 8.72. The SMILES string of the molecule is COc1cc(P(C)(C)=O)c(Nc2nc(Nc3ccc4c(c3)CCCCC4)ncc2Cl)cc1C#N. The second-order valence-corrected chi connectivity index (χ2v) is 12.3. The summed E-state index contributed by atoms with van der Waals surface area (Å²) in [5.41, 5.74) is 4.49. The molecule has 2 N–H and O–H groups in total. The Kier molecular flexibility index (Phi) is 7.11. The maximum atomic E-state index is 13.0. The van der Waals surface area contributed by atoms with Gasteiger partial charge in [-0.05, 0) is 74.4 Å². The van der Waals surface area contributed by atoms with Crippen molar-refractivity contribution in [2.24, 2.45) is 0 Å². The maximum absolute atomic E-state index is 13.0. The highest BCUT2D eigenvalue weighted by atomic mass is 35.5. The summed E-state index contributed by atoms with van der Waals surface area (Å²) < 4.78 is 18.3. The third-order valence-electron chi connectivity index (χ3n) is 5.87. The third kappa shape index (κ3) is 5.35. The molecule has 176 valence electrons. The van der Waals surface area contributed by atoms with E-state index in [1.165, 1.54) is 43.7 Å². The average Bonchev–Trinajstić information content (AvgIpc) is 3.05. The van der Waals surface area contributed by atoms with Gasteiger partial charge in [0.1, 0.15) is 24.0 Å². The molecule has 1 aromatic heterocycles. The molecule has 0 atom stereocenters. The molecule has 3 aromatic rings. The van der Waals surface area contributed by atoms with Gasteiger partial charge in [0.15, 0.2) is 5.82 Å². The van der Waals surface area contributed by atoms with Gasteiger partial charge < -0.3 is 19.9 Å². The first-order valence-corrected chi connectivity index (χ1v) is 14.1. The molecule has 9 heteroatoms. The van der Waals surface area contributed by atoms with Crippen LogP contribution in [0.5, 0.6) is 5.75 Å². The van der Waals surface area contributed by atoms with Crippen molar-refractivity contribution >= 4 is 47.2 Å². The van der Waals surface area contributed by atoms with Crippen LogP contribution in [0.15, 0.2) is 36.5 Å². The standard InChI is InChI=1S/C25H27ClN5O2P/c1-33-22-13-23(34(2,3)32)21(12-18(22)14-27)30-24-20(26)15-28-25(31-24)29-19-10-9-16-7-5-4-6-8-17(16)11-19/h9-13,15H,4-8H2,1-3H3,(H2,28,29,30,31). The van der Waals surface area contributed by atoms with Crippen LogP contribution in [0.3, 0.4) is 0 Å². The predicted octanol–water partition coefficient (Wildman–Crippen LogP) is 6.01. The quantitative estimate of drug-likeness (QED) is 0.319. The highest BCUT2D eigenvalue weighted by Crippen LogP contribution is 2.41. The molecule has 0 amide bonds. The number of anilines is 4. The highest BCUT2D eigenvalue weighted by Gasteiger charge is 2.21. The first kappa shape index (κ1) is 24.1. The molecule has 7 nitrogen and oxygen atoms in total. The lowest BCUT2D eigenvalue weighted by molar-refractivity contribution is 0.414. The van der Waals surface area contributed by atoms with Crippen LogP contribution in [0.1, 0.15) is 36.0 Å². The van der Waals surface area contributed by atoms with Crippen LogP contribution in [-0.2, 0) is 17.4 Å². The topological polar surface area (TPSA) is 99.9 Å². The molecule has 34 heavy (non-hydrogen) atoms. The Balaban J connectivity index is 1.66. The molecule has 1 aliphatic carbocycles. The Morgan fingerprint density at radius 1 is 1.09 bits per heavy atom. The average molecular weight is 496 g/mol. The summed E-state index contributed by atoms with van der Waals surface area (Å²) in [6, 6.07) is 11.7. The Bertz CT molecular complexity index is 1320. The van der Waals surface area contributed by atoms with Crippen LogP contribution in [0, 0.1) is 11.3 Å². The van der Waals surface area contributed by atoms with Gasteiger partial charge in [-0.3, -0.25) is 0 Å². The minimum atomic E-state index is -2.71. The highest BCUT2D eigenvalue weighted by molar-refractivity contribution is 7.70. The Morgan fingerprint density at radius 2 is 1.85 bits per heavy atom. The Labute approximate surface area is 204 Å². The van der Waals surface area contributed by atoms with Crippen molar-refractivity contribution in [2.45, 2.75) is 32.1 Å². The van der Waals surface area contributed by atoms with Gasteiger partial charge in [-0.1, -0.05) is 24.1 Å². The molecule has 1 aliphatic rings. The number of nitriles is 1. The number of ether oxygens (including phenoxy) is 1. The van der Waals surface area contributed by atoms with Crippen molar-refractivity contribution in [2.75, 3.05) is 31.1 Å². The predicted molar refractivity (Wildman–Crippen MR) is 138 cm³/mol. The smallest absolute Gasteiger partial charge is 0.229 e. The van der Waals surface area contributed by atoms with Crippen LogP contribution >= 0.6 is 18.7 Å². The molecule has 0 spiro atoms. The van der Waals surface area contributed by atoms with Gasteiger partial charge in [-0.25, -0.2) is 4.98 Å². The molecule has 0 aliphatic heterocycles. The first-order chi connectivity index (χ1) is 16.3. The van der Waals surface area contributed by atoms with E-state index in [0.717, 1.165) is 18.5 Å². The van der Waals surface area contributed by atoms with E-state index < -0.39 is 7.14 Å². The number of hydrogen-bond donors (Lipinski definition) is 2.